The summed E-state index contributed by atoms with van der Waals surface area (Å²) in [6.45, 7) is 0. The molecule has 0 bridgehead atoms. The molecule has 0 amide bonds. The minimum atomic E-state index is -1.00. The predicted molar refractivity (Wildman–Crippen MR) is 96.0 cm³/mol. The Hall–Kier alpha value is -3.61. The number of halogens is 4. The van der Waals surface area contributed by atoms with Crippen molar-refractivity contribution in [2.45, 2.75) is 0 Å². The van der Waals surface area contributed by atoms with E-state index in [2.05, 4.69) is 15.2 Å². The van der Waals surface area contributed by atoms with Crippen molar-refractivity contribution in [2.75, 3.05) is 0 Å². The number of hydrogen-bond acceptors (Lipinski definition) is 3. The molecular formula is C21H11F4N3. The molecule has 0 aliphatic heterocycles. The molecule has 4 aromatic rings. The van der Waals surface area contributed by atoms with E-state index in [1.807, 2.05) is 0 Å². The van der Waals surface area contributed by atoms with Gasteiger partial charge in [-0.2, -0.15) is 10.2 Å². The summed E-state index contributed by atoms with van der Waals surface area (Å²) in [4.78, 5) is 3.91. The lowest BCUT2D eigenvalue weighted by Gasteiger charge is -2.08. The first-order valence-electron chi connectivity index (χ1n) is 8.22. The van der Waals surface area contributed by atoms with Crippen molar-refractivity contribution in [1.82, 2.24) is 15.2 Å². The van der Waals surface area contributed by atoms with Gasteiger partial charge in [-0.15, -0.1) is 0 Å². The summed E-state index contributed by atoms with van der Waals surface area (Å²) < 4.78 is 54.9. The predicted octanol–water partition coefficient (Wildman–Crippen LogP) is 5.43. The average molecular weight is 381 g/mol. The summed E-state index contributed by atoms with van der Waals surface area (Å²) in [6, 6.07) is 11.8. The van der Waals surface area contributed by atoms with Crippen LogP contribution >= 0.6 is 0 Å². The summed E-state index contributed by atoms with van der Waals surface area (Å²) in [5.74, 6) is -3.23. The summed E-state index contributed by atoms with van der Waals surface area (Å²) in [7, 11) is 0. The van der Waals surface area contributed by atoms with Crippen LogP contribution in [0.3, 0.4) is 0 Å². The first kappa shape index (κ1) is 17.8. The van der Waals surface area contributed by atoms with Gasteiger partial charge in [-0.25, -0.2) is 17.6 Å². The second-order valence-corrected chi connectivity index (χ2v) is 5.99. The number of hydrogen-bond donors (Lipinski definition) is 0. The molecule has 0 saturated carbocycles. The van der Waals surface area contributed by atoms with Crippen LogP contribution < -0.4 is 0 Å². The number of benzene rings is 2. The monoisotopic (exact) mass is 381 g/mol. The van der Waals surface area contributed by atoms with E-state index in [1.165, 1.54) is 48.8 Å². The Balaban J connectivity index is 1.79. The van der Waals surface area contributed by atoms with E-state index < -0.39 is 23.3 Å². The van der Waals surface area contributed by atoms with Crippen molar-refractivity contribution in [1.29, 1.82) is 0 Å². The normalized spacial score (nSPS) is 10.9. The maximum Gasteiger partial charge on any atom is 0.159 e. The molecule has 0 radical (unpaired) electrons. The van der Waals surface area contributed by atoms with Gasteiger partial charge in [-0.3, -0.25) is 4.98 Å². The van der Waals surface area contributed by atoms with Crippen LogP contribution in [0.1, 0.15) is 0 Å². The molecule has 2 heterocycles. The second kappa shape index (κ2) is 7.19. The van der Waals surface area contributed by atoms with E-state index in [0.29, 0.717) is 22.4 Å². The Bertz CT molecular complexity index is 1180. The molecule has 7 heteroatoms. The van der Waals surface area contributed by atoms with E-state index in [4.69, 9.17) is 0 Å². The zero-order valence-corrected chi connectivity index (χ0v) is 14.2. The summed E-state index contributed by atoms with van der Waals surface area (Å²) >= 11 is 0. The molecule has 0 fully saturated rings. The van der Waals surface area contributed by atoms with Gasteiger partial charge >= 0.3 is 0 Å². The van der Waals surface area contributed by atoms with Gasteiger partial charge in [-0.1, -0.05) is 6.07 Å². The molecule has 0 aliphatic carbocycles. The minimum absolute atomic E-state index is 0.00166. The molecule has 28 heavy (non-hydrogen) atoms. The zero-order valence-electron chi connectivity index (χ0n) is 14.2. The lowest BCUT2D eigenvalue weighted by atomic mass is 10.0. The molecule has 2 aromatic heterocycles. The molecule has 138 valence electrons. The largest absolute Gasteiger partial charge is 0.253 e. The Morgan fingerprint density at radius 1 is 0.643 bits per heavy atom. The van der Waals surface area contributed by atoms with Crippen LogP contribution in [0.15, 0.2) is 67.0 Å². The van der Waals surface area contributed by atoms with Crippen LogP contribution in [-0.4, -0.2) is 15.2 Å². The number of pyridine rings is 1. The van der Waals surface area contributed by atoms with Crippen molar-refractivity contribution in [2.24, 2.45) is 0 Å². The summed E-state index contributed by atoms with van der Waals surface area (Å²) in [5.41, 5.74) is 1.64. The molecule has 0 atom stereocenters. The van der Waals surface area contributed by atoms with Crippen molar-refractivity contribution in [3.05, 3.63) is 90.3 Å². The molecule has 2 aromatic carbocycles. The second-order valence-electron chi connectivity index (χ2n) is 5.99. The van der Waals surface area contributed by atoms with Gasteiger partial charge < -0.3 is 0 Å². The highest BCUT2D eigenvalue weighted by atomic mass is 19.2. The number of rotatable bonds is 3. The van der Waals surface area contributed by atoms with Gasteiger partial charge in [0.25, 0.3) is 0 Å². The number of nitrogens with zero attached hydrogens (tertiary/aromatic N) is 3. The van der Waals surface area contributed by atoms with Gasteiger partial charge in [0.15, 0.2) is 11.6 Å². The summed E-state index contributed by atoms with van der Waals surface area (Å²) in [5, 5.41) is 7.81. The molecule has 0 saturated heterocycles. The molecule has 0 aliphatic rings. The average Bonchev–Trinajstić information content (AvgIpc) is 2.71. The SMILES string of the molecule is Fc1ccc(-c2cc(-c3ccc(F)c(-c4ncccc4F)c3)cnn2)cc1F. The van der Waals surface area contributed by atoms with Crippen LogP contribution in [0.4, 0.5) is 17.6 Å². The molecule has 3 nitrogen and oxygen atoms in total. The van der Waals surface area contributed by atoms with Crippen molar-refractivity contribution in [3.63, 3.8) is 0 Å². The molecule has 0 N–H and O–H groups in total. The molecular weight excluding hydrogens is 370 g/mol. The topological polar surface area (TPSA) is 38.7 Å². The van der Waals surface area contributed by atoms with Crippen LogP contribution in [0.25, 0.3) is 33.6 Å². The third kappa shape index (κ3) is 3.34. The fraction of sp³-hybridized carbons (Fsp3) is 0. The van der Waals surface area contributed by atoms with E-state index in [-0.39, 0.29) is 11.3 Å². The Morgan fingerprint density at radius 3 is 2.21 bits per heavy atom. The summed E-state index contributed by atoms with van der Waals surface area (Å²) in [6.07, 6.45) is 2.81. The number of aromatic nitrogens is 3. The van der Waals surface area contributed by atoms with Gasteiger partial charge in [0, 0.05) is 22.9 Å². The van der Waals surface area contributed by atoms with Gasteiger partial charge in [-0.05, 0) is 54.1 Å². The lowest BCUT2D eigenvalue weighted by Crippen LogP contribution is -1.94. The van der Waals surface area contributed by atoms with Crippen LogP contribution in [-0.2, 0) is 0 Å². The third-order valence-electron chi connectivity index (χ3n) is 4.18. The van der Waals surface area contributed by atoms with E-state index >= 15 is 0 Å². The maximum absolute atomic E-state index is 14.3. The molecule has 0 unspecified atom stereocenters. The highest BCUT2D eigenvalue weighted by Gasteiger charge is 2.14. The Labute approximate surface area is 157 Å². The van der Waals surface area contributed by atoms with Gasteiger partial charge in [0.05, 0.1) is 11.9 Å². The standard InChI is InChI=1S/C21H11F4N3/c22-16-5-3-12(8-15(16)21-18(24)2-1-7-26-21)14-10-20(28-27-11-14)13-4-6-17(23)19(25)9-13/h1-11H. The van der Waals surface area contributed by atoms with E-state index in [1.54, 1.807) is 6.07 Å². The van der Waals surface area contributed by atoms with Crippen molar-refractivity contribution < 1.29 is 17.6 Å². The van der Waals surface area contributed by atoms with Gasteiger partial charge in [0.2, 0.25) is 0 Å². The van der Waals surface area contributed by atoms with Gasteiger partial charge in [0.1, 0.15) is 17.3 Å². The third-order valence-corrected chi connectivity index (χ3v) is 4.18. The molecule has 0 spiro atoms. The quantitative estimate of drug-likeness (QED) is 0.444. The molecule has 4 rings (SSSR count). The smallest absolute Gasteiger partial charge is 0.159 e. The van der Waals surface area contributed by atoms with Crippen LogP contribution in [0.5, 0.6) is 0 Å². The van der Waals surface area contributed by atoms with Crippen LogP contribution in [0.2, 0.25) is 0 Å². The highest BCUT2D eigenvalue weighted by molar-refractivity contribution is 5.74. The highest BCUT2D eigenvalue weighted by Crippen LogP contribution is 2.30. The first-order chi connectivity index (χ1) is 13.5. The fourth-order valence-electron chi connectivity index (χ4n) is 2.79. The Kier molecular flexibility index (Phi) is 4.57. The van der Waals surface area contributed by atoms with Crippen molar-refractivity contribution in [3.8, 4) is 33.6 Å². The zero-order chi connectivity index (χ0) is 19.7. The fourth-order valence-corrected chi connectivity index (χ4v) is 2.79. The van der Waals surface area contributed by atoms with Crippen LogP contribution in [0, 0.1) is 23.3 Å². The Morgan fingerprint density at radius 2 is 1.43 bits per heavy atom. The first-order valence-corrected chi connectivity index (χ1v) is 8.22. The van der Waals surface area contributed by atoms with Crippen molar-refractivity contribution >= 4 is 0 Å². The van der Waals surface area contributed by atoms with E-state index in [0.717, 1.165) is 12.1 Å². The lowest BCUT2D eigenvalue weighted by molar-refractivity contribution is 0.509. The minimum Gasteiger partial charge on any atom is -0.253 e. The van der Waals surface area contributed by atoms with E-state index in [9.17, 15) is 17.6 Å². The maximum atomic E-state index is 14.3.